The lowest BCUT2D eigenvalue weighted by atomic mass is 9.99. The van der Waals surface area contributed by atoms with Crippen LogP contribution in [0, 0.1) is 0 Å². The van der Waals surface area contributed by atoms with Crippen molar-refractivity contribution in [2.75, 3.05) is 0 Å². The second-order valence-corrected chi connectivity index (χ2v) is 13.1. The van der Waals surface area contributed by atoms with Crippen LogP contribution in [-0.2, 0) is 0 Å². The molecule has 0 aliphatic rings. The molecule has 0 atom stereocenters. The molecule has 0 aliphatic carbocycles. The number of furan rings is 1. The van der Waals surface area contributed by atoms with Crippen molar-refractivity contribution < 1.29 is 19.5 Å². The van der Waals surface area contributed by atoms with Crippen LogP contribution < -0.4 is 0 Å². The van der Waals surface area contributed by atoms with Crippen LogP contribution in [0.4, 0.5) is 0 Å². The second-order valence-electron chi connectivity index (χ2n) is 13.1. The topological polar surface area (TPSA) is 56.7 Å². The summed E-state index contributed by atoms with van der Waals surface area (Å²) in [5.41, 5.74) is 3.66. The molecule has 0 amide bonds. The van der Waals surface area contributed by atoms with Crippen LogP contribution in [0.25, 0.3) is 106 Å². The van der Waals surface area contributed by atoms with E-state index in [9.17, 15) is 6.85 Å². The summed E-state index contributed by atoms with van der Waals surface area (Å²) in [4.78, 5) is 15.0. The molecule has 0 unspecified atom stereocenters. The standard InChI is InChI=1S/C51H32N4O/c1-4-15-33(16-5-1)36-27-29-40-39-21-10-12-25-44(39)55(45(40)31-36)46-32-37(38-23-14-24-42-41-22-11-13-26-47(41)56-48(38)42)28-30-43(46)51-53-49(34-17-6-2-7-18-34)52-50(54-51)35-19-8-3-9-20-35/h1-32H/i1D,4D,5D,10D,15D,16D,21D,25D,27D,29D,31D. The summed E-state index contributed by atoms with van der Waals surface area (Å²) in [6.45, 7) is 0. The fourth-order valence-corrected chi connectivity index (χ4v) is 7.28. The smallest absolute Gasteiger partial charge is 0.166 e. The minimum absolute atomic E-state index is 0.0246. The van der Waals surface area contributed by atoms with E-state index < -0.39 is 59.5 Å². The van der Waals surface area contributed by atoms with E-state index in [0.29, 0.717) is 50.6 Å². The van der Waals surface area contributed by atoms with Crippen LogP contribution in [-0.4, -0.2) is 19.5 Å². The third-order valence-corrected chi connectivity index (χ3v) is 9.85. The van der Waals surface area contributed by atoms with Gasteiger partial charge in [0.25, 0.3) is 0 Å². The molecule has 5 heteroatoms. The van der Waals surface area contributed by atoms with Gasteiger partial charge in [-0.05, 0) is 47.0 Å². The van der Waals surface area contributed by atoms with Gasteiger partial charge in [-0.1, -0.05) is 164 Å². The normalized spacial score (nSPS) is 14.3. The molecule has 0 fully saturated rings. The van der Waals surface area contributed by atoms with Gasteiger partial charge in [-0.3, -0.25) is 0 Å². The van der Waals surface area contributed by atoms with Crippen molar-refractivity contribution in [1.82, 2.24) is 19.5 Å². The van der Waals surface area contributed by atoms with E-state index in [1.54, 1.807) is 6.07 Å². The molecule has 0 bridgehead atoms. The van der Waals surface area contributed by atoms with E-state index in [4.69, 9.17) is 27.6 Å². The molecule has 0 spiro atoms. The average molecular weight is 728 g/mol. The van der Waals surface area contributed by atoms with E-state index >= 15 is 0 Å². The highest BCUT2D eigenvalue weighted by Crippen LogP contribution is 2.42. The van der Waals surface area contributed by atoms with Crippen LogP contribution in [0.1, 0.15) is 15.1 Å². The van der Waals surface area contributed by atoms with Crippen LogP contribution in [0.5, 0.6) is 0 Å². The van der Waals surface area contributed by atoms with Crippen LogP contribution in [0.3, 0.4) is 0 Å². The molecule has 0 aliphatic heterocycles. The first-order valence-electron chi connectivity index (χ1n) is 23.4. The first-order valence-corrected chi connectivity index (χ1v) is 17.9. The highest BCUT2D eigenvalue weighted by molar-refractivity contribution is 6.12. The van der Waals surface area contributed by atoms with Gasteiger partial charge in [-0.2, -0.15) is 0 Å². The van der Waals surface area contributed by atoms with Gasteiger partial charge in [0.15, 0.2) is 17.5 Å². The Morgan fingerprint density at radius 3 is 1.91 bits per heavy atom. The first-order chi connectivity index (χ1) is 32.3. The monoisotopic (exact) mass is 727 g/mol. The van der Waals surface area contributed by atoms with Gasteiger partial charge in [0, 0.05) is 43.8 Å². The summed E-state index contributed by atoms with van der Waals surface area (Å²) < 4.78 is 107. The number of para-hydroxylation sites is 3. The quantitative estimate of drug-likeness (QED) is 0.171. The summed E-state index contributed by atoms with van der Waals surface area (Å²) in [6, 6.07) is 33.0. The lowest BCUT2D eigenvalue weighted by Crippen LogP contribution is -2.04. The van der Waals surface area contributed by atoms with Crippen LogP contribution >= 0.6 is 0 Å². The molecular weight excluding hydrogens is 685 g/mol. The fourth-order valence-electron chi connectivity index (χ4n) is 7.28. The average Bonchev–Trinajstić information content (AvgIpc) is 3.93. The number of rotatable bonds is 6. The molecule has 0 saturated heterocycles. The van der Waals surface area contributed by atoms with Crippen molar-refractivity contribution in [2.45, 2.75) is 0 Å². The van der Waals surface area contributed by atoms with Crippen molar-refractivity contribution in [3.63, 3.8) is 0 Å². The van der Waals surface area contributed by atoms with Crippen LogP contribution in [0.2, 0.25) is 0 Å². The number of benzene rings is 8. The minimum Gasteiger partial charge on any atom is -0.455 e. The number of hydrogen-bond donors (Lipinski definition) is 0. The van der Waals surface area contributed by atoms with E-state index in [0.717, 1.165) is 10.8 Å². The summed E-state index contributed by atoms with van der Waals surface area (Å²) in [7, 11) is 0. The molecule has 3 aromatic heterocycles. The van der Waals surface area contributed by atoms with E-state index in [-0.39, 0.29) is 51.4 Å². The Morgan fingerprint density at radius 2 is 1.12 bits per heavy atom. The molecule has 3 heterocycles. The molecule has 262 valence electrons. The Balaban J connectivity index is 1.33. The molecule has 0 N–H and O–H groups in total. The molecule has 11 rings (SSSR count). The second kappa shape index (κ2) is 13.0. The number of fused-ring (bicyclic) bond motifs is 6. The third-order valence-electron chi connectivity index (χ3n) is 9.85. The van der Waals surface area contributed by atoms with Crippen molar-refractivity contribution in [3.8, 4) is 62.1 Å². The van der Waals surface area contributed by atoms with E-state index in [2.05, 4.69) is 0 Å². The molecule has 5 nitrogen and oxygen atoms in total. The Labute approximate surface area is 338 Å². The maximum absolute atomic E-state index is 9.99. The molecule has 56 heavy (non-hydrogen) atoms. The largest absolute Gasteiger partial charge is 0.455 e. The Hall–Kier alpha value is -7.63. The Bertz CT molecular complexity index is 3810. The molecular formula is C51H32N4O. The molecule has 0 saturated carbocycles. The molecule has 8 aromatic carbocycles. The zero-order valence-corrected chi connectivity index (χ0v) is 29.3. The predicted molar refractivity (Wildman–Crippen MR) is 229 cm³/mol. The van der Waals surface area contributed by atoms with Gasteiger partial charge in [0.1, 0.15) is 11.2 Å². The van der Waals surface area contributed by atoms with Crippen molar-refractivity contribution >= 4 is 43.7 Å². The van der Waals surface area contributed by atoms with Gasteiger partial charge in [-0.15, -0.1) is 0 Å². The van der Waals surface area contributed by atoms with E-state index in [1.807, 2.05) is 115 Å². The Kier molecular flexibility index (Phi) is 5.25. The van der Waals surface area contributed by atoms with Crippen LogP contribution in [0.15, 0.2) is 198 Å². The molecule has 0 radical (unpaired) electrons. The highest BCUT2D eigenvalue weighted by atomic mass is 16.3. The predicted octanol–water partition coefficient (Wildman–Crippen LogP) is 13.2. The lowest BCUT2D eigenvalue weighted by molar-refractivity contribution is 0.670. The first kappa shape index (κ1) is 22.6. The molecule has 11 aromatic rings. The van der Waals surface area contributed by atoms with Gasteiger partial charge >= 0.3 is 0 Å². The van der Waals surface area contributed by atoms with Crippen molar-refractivity contribution in [1.29, 1.82) is 0 Å². The zero-order valence-electron chi connectivity index (χ0n) is 40.3. The highest BCUT2D eigenvalue weighted by Gasteiger charge is 2.22. The summed E-state index contributed by atoms with van der Waals surface area (Å²) in [6.07, 6.45) is 0. The minimum atomic E-state index is -0.685. The van der Waals surface area contributed by atoms with Crippen molar-refractivity contribution in [3.05, 3.63) is 194 Å². The summed E-state index contributed by atoms with van der Waals surface area (Å²) >= 11 is 0. The number of hydrogen-bond acceptors (Lipinski definition) is 4. The SMILES string of the molecule is [2H]c1cc([2H])c2c(c1[2H])c1c([2H])c([2H])c(-c3c([2H])c([2H])c([2H])c([2H])c3[2H])c([2H])c1n2-c1cc(-c2cccc3c2oc2ccccc23)ccc1-c1nc(-c2ccccc2)nc(-c2ccccc2)n1. The van der Waals surface area contributed by atoms with E-state index in [1.165, 1.54) is 10.6 Å². The lowest BCUT2D eigenvalue weighted by Gasteiger charge is -2.17. The fraction of sp³-hybridized carbons (Fsp3) is 0. The van der Waals surface area contributed by atoms with Gasteiger partial charge in [-0.25, -0.2) is 15.0 Å². The third kappa shape index (κ3) is 5.29. The maximum Gasteiger partial charge on any atom is 0.166 e. The van der Waals surface area contributed by atoms with Crippen molar-refractivity contribution in [2.24, 2.45) is 0 Å². The maximum atomic E-state index is 9.99. The zero-order chi connectivity index (χ0) is 46.6. The summed E-state index contributed by atoms with van der Waals surface area (Å²) in [5, 5.41) is 1.62. The van der Waals surface area contributed by atoms with Gasteiger partial charge in [0.2, 0.25) is 0 Å². The number of nitrogens with zero attached hydrogens (tertiary/aromatic N) is 4. The van der Waals surface area contributed by atoms with Gasteiger partial charge < -0.3 is 8.98 Å². The Morgan fingerprint density at radius 1 is 0.429 bits per heavy atom. The number of aromatic nitrogens is 4. The summed E-state index contributed by atoms with van der Waals surface area (Å²) in [5.74, 6) is 0.875. The van der Waals surface area contributed by atoms with Gasteiger partial charge in [0.05, 0.1) is 31.8 Å².